The summed E-state index contributed by atoms with van der Waals surface area (Å²) in [5.74, 6) is 2.66. The molecule has 1 rings (SSSR count). The van der Waals surface area contributed by atoms with Crippen LogP contribution in [-0.2, 0) is 0 Å². The van der Waals surface area contributed by atoms with Crippen LogP contribution < -0.4 is 5.32 Å². The third-order valence-electron chi connectivity index (χ3n) is 2.00. The molecule has 0 fully saturated rings. The standard InChI is InChI=1S/C11H15NS/c1-4-5-9(2)12-10(3)11-6-7-13-8-11/h1,6-10,12H,5H2,2-3H3. The number of nitrogens with one attached hydrogen (secondary N) is 1. The minimum Gasteiger partial charge on any atom is -0.307 e. The van der Waals surface area contributed by atoms with Crippen LogP contribution in [0, 0.1) is 12.3 Å². The molecule has 2 heteroatoms. The van der Waals surface area contributed by atoms with Gasteiger partial charge in [-0.15, -0.1) is 12.3 Å². The van der Waals surface area contributed by atoms with E-state index < -0.39 is 0 Å². The lowest BCUT2D eigenvalue weighted by atomic mass is 10.1. The van der Waals surface area contributed by atoms with Gasteiger partial charge in [-0.1, -0.05) is 0 Å². The first-order chi connectivity index (χ1) is 6.24. The largest absolute Gasteiger partial charge is 0.307 e. The summed E-state index contributed by atoms with van der Waals surface area (Å²) in [6, 6.07) is 2.93. The zero-order chi connectivity index (χ0) is 9.68. The van der Waals surface area contributed by atoms with Crippen molar-refractivity contribution in [2.45, 2.75) is 32.4 Å². The Kier molecular flexibility index (Phi) is 4.01. The van der Waals surface area contributed by atoms with E-state index in [-0.39, 0.29) is 0 Å². The molecular formula is C11H15NS. The average Bonchev–Trinajstić information content (AvgIpc) is 2.55. The van der Waals surface area contributed by atoms with Crippen LogP contribution in [0.15, 0.2) is 16.8 Å². The fraction of sp³-hybridized carbons (Fsp3) is 0.455. The maximum Gasteiger partial charge on any atom is 0.0302 e. The van der Waals surface area contributed by atoms with Crippen LogP contribution in [0.2, 0.25) is 0 Å². The van der Waals surface area contributed by atoms with Gasteiger partial charge in [-0.25, -0.2) is 0 Å². The van der Waals surface area contributed by atoms with E-state index in [1.165, 1.54) is 5.56 Å². The summed E-state index contributed by atoms with van der Waals surface area (Å²) in [5.41, 5.74) is 1.34. The van der Waals surface area contributed by atoms with E-state index in [1.54, 1.807) is 11.3 Å². The Bertz CT molecular complexity index is 271. The maximum absolute atomic E-state index is 5.24. The molecule has 2 unspecified atom stereocenters. The Balaban J connectivity index is 2.42. The fourth-order valence-electron chi connectivity index (χ4n) is 1.28. The van der Waals surface area contributed by atoms with Gasteiger partial charge in [0, 0.05) is 18.5 Å². The normalized spacial score (nSPS) is 14.8. The van der Waals surface area contributed by atoms with E-state index in [2.05, 4.69) is 41.9 Å². The molecule has 1 N–H and O–H groups in total. The van der Waals surface area contributed by atoms with Crippen molar-refractivity contribution in [2.75, 3.05) is 0 Å². The van der Waals surface area contributed by atoms with Crippen molar-refractivity contribution < 1.29 is 0 Å². The highest BCUT2D eigenvalue weighted by atomic mass is 32.1. The second kappa shape index (κ2) is 5.06. The molecule has 0 aliphatic carbocycles. The highest BCUT2D eigenvalue weighted by Crippen LogP contribution is 2.16. The number of thiophene rings is 1. The molecule has 0 amide bonds. The molecule has 1 aromatic rings. The van der Waals surface area contributed by atoms with Crippen LogP contribution >= 0.6 is 11.3 Å². The minimum atomic E-state index is 0.389. The molecule has 0 saturated heterocycles. The summed E-state index contributed by atoms with van der Waals surface area (Å²) < 4.78 is 0. The highest BCUT2D eigenvalue weighted by Gasteiger charge is 2.08. The van der Waals surface area contributed by atoms with Gasteiger partial charge in [0.15, 0.2) is 0 Å². The summed E-state index contributed by atoms with van der Waals surface area (Å²) in [6.07, 6.45) is 6.02. The second-order valence-electron chi connectivity index (χ2n) is 3.25. The van der Waals surface area contributed by atoms with Crippen LogP contribution in [0.1, 0.15) is 31.9 Å². The number of terminal acetylenes is 1. The first-order valence-corrected chi connectivity index (χ1v) is 5.40. The summed E-state index contributed by atoms with van der Waals surface area (Å²) >= 11 is 1.73. The van der Waals surface area contributed by atoms with E-state index >= 15 is 0 Å². The topological polar surface area (TPSA) is 12.0 Å². The van der Waals surface area contributed by atoms with Gasteiger partial charge >= 0.3 is 0 Å². The number of hydrogen-bond donors (Lipinski definition) is 1. The first-order valence-electron chi connectivity index (χ1n) is 4.45. The lowest BCUT2D eigenvalue weighted by molar-refractivity contribution is 0.487. The highest BCUT2D eigenvalue weighted by molar-refractivity contribution is 7.07. The molecule has 0 aliphatic rings. The molecule has 1 heterocycles. The third kappa shape index (κ3) is 3.22. The summed E-state index contributed by atoms with van der Waals surface area (Å²) in [5, 5.41) is 7.71. The first kappa shape index (κ1) is 10.3. The van der Waals surface area contributed by atoms with Crippen LogP contribution in [-0.4, -0.2) is 6.04 Å². The summed E-state index contributed by atoms with van der Waals surface area (Å²) in [7, 11) is 0. The van der Waals surface area contributed by atoms with Crippen molar-refractivity contribution in [3.05, 3.63) is 22.4 Å². The van der Waals surface area contributed by atoms with Crippen molar-refractivity contribution in [2.24, 2.45) is 0 Å². The van der Waals surface area contributed by atoms with Crippen molar-refractivity contribution in [3.63, 3.8) is 0 Å². The molecule has 0 radical (unpaired) electrons. The van der Waals surface area contributed by atoms with Crippen LogP contribution in [0.5, 0.6) is 0 Å². The van der Waals surface area contributed by atoms with Crippen molar-refractivity contribution >= 4 is 11.3 Å². The number of hydrogen-bond acceptors (Lipinski definition) is 2. The minimum absolute atomic E-state index is 0.389. The van der Waals surface area contributed by atoms with Gasteiger partial charge in [0.1, 0.15) is 0 Å². The zero-order valence-corrected chi connectivity index (χ0v) is 8.90. The molecule has 2 atom stereocenters. The molecule has 0 bridgehead atoms. The zero-order valence-electron chi connectivity index (χ0n) is 8.08. The summed E-state index contributed by atoms with van der Waals surface area (Å²) in [4.78, 5) is 0. The third-order valence-corrected chi connectivity index (χ3v) is 2.70. The van der Waals surface area contributed by atoms with Crippen LogP contribution in [0.4, 0.5) is 0 Å². The molecule has 0 aromatic carbocycles. The predicted octanol–water partition coefficient (Wildman–Crippen LogP) is 2.81. The van der Waals surface area contributed by atoms with E-state index in [1.807, 2.05) is 0 Å². The van der Waals surface area contributed by atoms with Crippen molar-refractivity contribution in [1.82, 2.24) is 5.32 Å². The maximum atomic E-state index is 5.24. The Morgan fingerprint density at radius 3 is 2.92 bits per heavy atom. The van der Waals surface area contributed by atoms with Gasteiger partial charge in [-0.05, 0) is 36.2 Å². The summed E-state index contributed by atoms with van der Waals surface area (Å²) in [6.45, 7) is 4.28. The van der Waals surface area contributed by atoms with E-state index in [0.717, 1.165) is 6.42 Å². The SMILES string of the molecule is C#CCC(C)NC(C)c1ccsc1. The molecular weight excluding hydrogens is 178 g/mol. The smallest absolute Gasteiger partial charge is 0.0302 e. The molecule has 13 heavy (non-hydrogen) atoms. The average molecular weight is 193 g/mol. The molecule has 0 saturated carbocycles. The van der Waals surface area contributed by atoms with E-state index in [0.29, 0.717) is 12.1 Å². The molecule has 0 aliphatic heterocycles. The second-order valence-corrected chi connectivity index (χ2v) is 4.03. The Morgan fingerprint density at radius 2 is 2.38 bits per heavy atom. The molecule has 0 spiro atoms. The Labute approximate surface area is 84.2 Å². The lowest BCUT2D eigenvalue weighted by Gasteiger charge is -2.17. The fourth-order valence-corrected chi connectivity index (χ4v) is 2.03. The Hall–Kier alpha value is -0.780. The van der Waals surface area contributed by atoms with Gasteiger partial charge in [0.2, 0.25) is 0 Å². The van der Waals surface area contributed by atoms with Crippen LogP contribution in [0.3, 0.4) is 0 Å². The quantitative estimate of drug-likeness (QED) is 0.725. The Morgan fingerprint density at radius 1 is 1.62 bits per heavy atom. The molecule has 1 nitrogen and oxygen atoms in total. The van der Waals surface area contributed by atoms with Crippen molar-refractivity contribution in [1.29, 1.82) is 0 Å². The number of rotatable bonds is 4. The van der Waals surface area contributed by atoms with E-state index in [9.17, 15) is 0 Å². The van der Waals surface area contributed by atoms with Gasteiger partial charge in [0.25, 0.3) is 0 Å². The van der Waals surface area contributed by atoms with Crippen molar-refractivity contribution in [3.8, 4) is 12.3 Å². The van der Waals surface area contributed by atoms with Gasteiger partial charge in [0.05, 0.1) is 0 Å². The van der Waals surface area contributed by atoms with Gasteiger partial charge in [-0.2, -0.15) is 11.3 Å². The van der Waals surface area contributed by atoms with Gasteiger partial charge < -0.3 is 5.32 Å². The molecule has 70 valence electrons. The van der Waals surface area contributed by atoms with Crippen LogP contribution in [0.25, 0.3) is 0 Å². The monoisotopic (exact) mass is 193 g/mol. The van der Waals surface area contributed by atoms with Gasteiger partial charge in [-0.3, -0.25) is 0 Å². The van der Waals surface area contributed by atoms with E-state index in [4.69, 9.17) is 6.42 Å². The lowest BCUT2D eigenvalue weighted by Crippen LogP contribution is -2.28. The predicted molar refractivity (Wildman–Crippen MR) is 58.8 cm³/mol. The molecule has 1 aromatic heterocycles.